The number of nitrogens with one attached hydrogen (secondary N) is 1. The molecule has 0 bridgehead atoms. The van der Waals surface area contributed by atoms with Crippen LogP contribution in [0.1, 0.15) is 19.8 Å². The van der Waals surface area contributed by atoms with Gasteiger partial charge in [-0.2, -0.15) is 0 Å². The minimum absolute atomic E-state index is 0.0539. The maximum atomic E-state index is 12.1. The monoisotopic (exact) mass is 259 g/mol. The van der Waals surface area contributed by atoms with E-state index in [1.807, 2.05) is 6.92 Å². The van der Waals surface area contributed by atoms with E-state index in [1.165, 1.54) is 0 Å². The van der Waals surface area contributed by atoms with E-state index in [1.54, 1.807) is 11.8 Å². The second kappa shape index (κ2) is 4.86. The highest BCUT2D eigenvalue weighted by atomic mass is 32.2. The topological polar surface area (TPSA) is 75.6 Å². The van der Waals surface area contributed by atoms with Crippen molar-refractivity contribution in [2.45, 2.75) is 30.6 Å². The number of carbonyl (C=O) groups is 2. The summed E-state index contributed by atoms with van der Waals surface area (Å²) in [5.74, 6) is -0.583. The molecule has 17 heavy (non-hydrogen) atoms. The number of hydrogen-bond donors (Lipinski definition) is 2. The number of carboxylic acids is 1. The molecule has 0 aromatic carbocycles. The molecule has 2 heterocycles. The van der Waals surface area contributed by atoms with Gasteiger partial charge in [-0.05, 0) is 25.5 Å². The number of ether oxygens (including phenoxy) is 1. The van der Waals surface area contributed by atoms with Crippen LogP contribution >= 0.6 is 11.8 Å². The van der Waals surface area contributed by atoms with Crippen LogP contribution in [0.4, 0.5) is 0 Å². The number of amides is 1. The summed E-state index contributed by atoms with van der Waals surface area (Å²) < 4.78 is 4.73. The summed E-state index contributed by atoms with van der Waals surface area (Å²) in [6.45, 7) is 2.40. The first-order valence-electron chi connectivity index (χ1n) is 5.78. The highest BCUT2D eigenvalue weighted by molar-refractivity contribution is 8.01. The van der Waals surface area contributed by atoms with E-state index in [-0.39, 0.29) is 12.5 Å². The van der Waals surface area contributed by atoms with Crippen LogP contribution < -0.4 is 5.32 Å². The fraction of sp³-hybridized carbons (Fsp3) is 0.818. The average Bonchev–Trinajstić information content (AvgIpc) is 2.87. The Labute approximate surface area is 104 Å². The largest absolute Gasteiger partial charge is 0.481 e. The van der Waals surface area contributed by atoms with Crippen molar-refractivity contribution in [2.24, 2.45) is 5.92 Å². The van der Waals surface area contributed by atoms with Crippen LogP contribution in [0.15, 0.2) is 0 Å². The molecule has 6 heteroatoms. The van der Waals surface area contributed by atoms with Crippen LogP contribution in [0.25, 0.3) is 0 Å². The smallest absolute Gasteiger partial charge is 0.311 e. The normalized spacial score (nSPS) is 37.0. The lowest BCUT2D eigenvalue weighted by Crippen LogP contribution is -2.49. The van der Waals surface area contributed by atoms with Crippen molar-refractivity contribution in [3.63, 3.8) is 0 Å². The first-order valence-corrected chi connectivity index (χ1v) is 6.77. The summed E-state index contributed by atoms with van der Waals surface area (Å²) in [4.78, 5) is 23.1. The van der Waals surface area contributed by atoms with Crippen molar-refractivity contribution in [1.82, 2.24) is 5.32 Å². The second-order valence-electron chi connectivity index (χ2n) is 4.75. The molecule has 2 fully saturated rings. The number of rotatable bonds is 3. The summed E-state index contributed by atoms with van der Waals surface area (Å²) in [6.07, 6.45) is 1.90. The van der Waals surface area contributed by atoms with Gasteiger partial charge in [-0.25, -0.2) is 0 Å². The zero-order valence-electron chi connectivity index (χ0n) is 9.77. The SMILES string of the molecule is CC1(C(=O)NC2COCC2C(=O)O)CCCS1. The Morgan fingerprint density at radius 1 is 1.47 bits per heavy atom. The van der Waals surface area contributed by atoms with Crippen LogP contribution in [0.3, 0.4) is 0 Å². The third-order valence-electron chi connectivity index (χ3n) is 3.41. The zero-order chi connectivity index (χ0) is 12.5. The minimum Gasteiger partial charge on any atom is -0.481 e. The molecule has 2 aliphatic heterocycles. The minimum atomic E-state index is -0.906. The molecule has 2 N–H and O–H groups in total. The molecule has 96 valence electrons. The van der Waals surface area contributed by atoms with Crippen LogP contribution in [-0.2, 0) is 14.3 Å². The number of aliphatic carboxylic acids is 1. The van der Waals surface area contributed by atoms with Gasteiger partial charge >= 0.3 is 5.97 Å². The quantitative estimate of drug-likeness (QED) is 0.771. The van der Waals surface area contributed by atoms with Crippen molar-refractivity contribution in [1.29, 1.82) is 0 Å². The van der Waals surface area contributed by atoms with Gasteiger partial charge in [-0.1, -0.05) is 0 Å². The molecule has 0 aromatic heterocycles. The van der Waals surface area contributed by atoms with Gasteiger partial charge in [0.25, 0.3) is 0 Å². The Balaban J connectivity index is 1.96. The van der Waals surface area contributed by atoms with Crippen molar-refractivity contribution in [3.8, 4) is 0 Å². The predicted octanol–water partition coefficient (Wildman–Crippen LogP) is 0.488. The fourth-order valence-corrected chi connectivity index (χ4v) is 3.44. The molecule has 0 radical (unpaired) electrons. The predicted molar refractivity (Wildman–Crippen MR) is 64.0 cm³/mol. The summed E-state index contributed by atoms with van der Waals surface area (Å²) in [7, 11) is 0. The van der Waals surface area contributed by atoms with E-state index in [2.05, 4.69) is 5.32 Å². The van der Waals surface area contributed by atoms with E-state index >= 15 is 0 Å². The highest BCUT2D eigenvalue weighted by Crippen LogP contribution is 2.38. The molecular formula is C11H17NO4S. The van der Waals surface area contributed by atoms with Gasteiger partial charge in [0.15, 0.2) is 0 Å². The van der Waals surface area contributed by atoms with Crippen LogP contribution in [-0.4, -0.2) is 46.7 Å². The molecule has 0 aliphatic carbocycles. The molecule has 3 unspecified atom stereocenters. The van der Waals surface area contributed by atoms with Crippen molar-refractivity contribution < 1.29 is 19.4 Å². The third-order valence-corrected chi connectivity index (χ3v) is 4.93. The molecule has 1 amide bonds. The van der Waals surface area contributed by atoms with Gasteiger partial charge in [0, 0.05) is 0 Å². The maximum Gasteiger partial charge on any atom is 0.311 e. The van der Waals surface area contributed by atoms with Gasteiger partial charge < -0.3 is 15.2 Å². The van der Waals surface area contributed by atoms with Crippen molar-refractivity contribution in [2.75, 3.05) is 19.0 Å². The van der Waals surface area contributed by atoms with Gasteiger partial charge in [0.1, 0.15) is 5.92 Å². The average molecular weight is 259 g/mol. The van der Waals surface area contributed by atoms with Crippen LogP contribution in [0.5, 0.6) is 0 Å². The maximum absolute atomic E-state index is 12.1. The van der Waals surface area contributed by atoms with Crippen LogP contribution in [0, 0.1) is 5.92 Å². The van der Waals surface area contributed by atoms with E-state index in [4.69, 9.17) is 9.84 Å². The fourth-order valence-electron chi connectivity index (χ4n) is 2.22. The summed E-state index contributed by atoms with van der Waals surface area (Å²) in [5.41, 5.74) is 0. The Morgan fingerprint density at radius 2 is 2.24 bits per heavy atom. The van der Waals surface area contributed by atoms with E-state index in [0.29, 0.717) is 6.61 Å². The Bertz CT molecular complexity index is 327. The second-order valence-corrected chi connectivity index (χ2v) is 6.34. The Morgan fingerprint density at radius 3 is 2.82 bits per heavy atom. The number of carboxylic acid groups (broad SMARTS) is 1. The molecule has 2 aliphatic rings. The summed E-state index contributed by atoms with van der Waals surface area (Å²) in [5, 5.41) is 11.8. The van der Waals surface area contributed by atoms with E-state index < -0.39 is 22.7 Å². The van der Waals surface area contributed by atoms with Crippen molar-refractivity contribution in [3.05, 3.63) is 0 Å². The van der Waals surface area contributed by atoms with E-state index in [9.17, 15) is 9.59 Å². The zero-order valence-corrected chi connectivity index (χ0v) is 10.6. The van der Waals surface area contributed by atoms with Crippen molar-refractivity contribution >= 4 is 23.6 Å². The number of hydrogen-bond acceptors (Lipinski definition) is 4. The Hall–Kier alpha value is -0.750. The molecule has 2 rings (SSSR count). The first-order chi connectivity index (χ1) is 8.03. The molecule has 0 spiro atoms. The molecule has 0 aromatic rings. The van der Waals surface area contributed by atoms with Crippen LogP contribution in [0.2, 0.25) is 0 Å². The molecule has 5 nitrogen and oxygen atoms in total. The first kappa shape index (κ1) is 12.7. The summed E-state index contributed by atoms with van der Waals surface area (Å²) in [6, 6.07) is -0.391. The highest BCUT2D eigenvalue weighted by Gasteiger charge is 2.41. The third kappa shape index (κ3) is 2.57. The Kier molecular flexibility index (Phi) is 3.63. The van der Waals surface area contributed by atoms with Gasteiger partial charge in [0.2, 0.25) is 5.91 Å². The molecule has 3 atom stereocenters. The lowest BCUT2D eigenvalue weighted by Gasteiger charge is -2.25. The summed E-state index contributed by atoms with van der Waals surface area (Å²) >= 11 is 1.65. The van der Waals surface area contributed by atoms with Gasteiger partial charge in [0.05, 0.1) is 24.0 Å². The molecular weight excluding hydrogens is 242 g/mol. The van der Waals surface area contributed by atoms with Gasteiger partial charge in [-0.3, -0.25) is 9.59 Å². The lowest BCUT2D eigenvalue weighted by atomic mass is 10.0. The lowest BCUT2D eigenvalue weighted by molar-refractivity contribution is -0.142. The number of thioether (sulfide) groups is 1. The molecule has 0 saturated carbocycles. The van der Waals surface area contributed by atoms with Gasteiger partial charge in [-0.15, -0.1) is 11.8 Å². The standard InChI is InChI=1S/C11H17NO4S/c1-11(3-2-4-17-11)10(15)12-8-6-16-5-7(8)9(13)14/h7-8H,2-6H2,1H3,(H,12,15)(H,13,14). The molecule has 2 saturated heterocycles. The number of carbonyl (C=O) groups excluding carboxylic acids is 1. The van der Waals surface area contributed by atoms with E-state index in [0.717, 1.165) is 18.6 Å².